The van der Waals surface area contributed by atoms with Crippen molar-refractivity contribution in [3.63, 3.8) is 0 Å². The summed E-state index contributed by atoms with van der Waals surface area (Å²) in [5.74, 6) is 0.170. The van der Waals surface area contributed by atoms with E-state index in [0.29, 0.717) is 38.4 Å². The molecule has 35 heavy (non-hydrogen) atoms. The minimum absolute atomic E-state index is 0.268. The second kappa shape index (κ2) is 11.0. The molecule has 3 aromatic rings. The number of aromatic nitrogens is 2. The first kappa shape index (κ1) is 26.3. The molecule has 0 saturated heterocycles. The molecule has 2 N–H and O–H groups in total. The fraction of sp³-hybridized carbons (Fsp3) is 0.280. The number of allylic oxidation sites excluding steroid dienone is 2. The van der Waals surface area contributed by atoms with Gasteiger partial charge in [0.2, 0.25) is 0 Å². The van der Waals surface area contributed by atoms with Gasteiger partial charge in [-0.05, 0) is 68.1 Å². The third-order valence-electron chi connectivity index (χ3n) is 5.31. The normalized spacial score (nSPS) is 13.4. The summed E-state index contributed by atoms with van der Waals surface area (Å²) < 4.78 is 57.1. The van der Waals surface area contributed by atoms with Crippen molar-refractivity contribution in [1.29, 1.82) is 5.26 Å². The number of nitrogens with one attached hydrogen (secondary N) is 2. The smallest absolute Gasteiger partial charge is 0.393 e. The van der Waals surface area contributed by atoms with Gasteiger partial charge in [-0.25, -0.2) is 14.1 Å². The molecule has 1 unspecified atom stereocenters. The van der Waals surface area contributed by atoms with Crippen LogP contribution in [0.1, 0.15) is 29.3 Å². The first-order chi connectivity index (χ1) is 16.6. The van der Waals surface area contributed by atoms with Crippen LogP contribution in [-0.4, -0.2) is 28.8 Å². The Morgan fingerprint density at radius 3 is 2.63 bits per heavy atom. The third-order valence-corrected chi connectivity index (χ3v) is 6.27. The lowest BCUT2D eigenvalue weighted by atomic mass is 10.1. The highest BCUT2D eigenvalue weighted by atomic mass is 32.2. The molecule has 0 amide bonds. The van der Waals surface area contributed by atoms with Crippen LogP contribution in [0.4, 0.5) is 17.6 Å². The second-order valence-corrected chi connectivity index (χ2v) is 8.92. The van der Waals surface area contributed by atoms with E-state index in [9.17, 15) is 22.8 Å². The molecule has 0 spiro atoms. The van der Waals surface area contributed by atoms with Crippen LogP contribution in [0.5, 0.6) is 0 Å². The van der Waals surface area contributed by atoms with Gasteiger partial charge in [-0.1, -0.05) is 12.1 Å². The van der Waals surface area contributed by atoms with Gasteiger partial charge in [0.15, 0.2) is 0 Å². The number of alkyl halides is 3. The van der Waals surface area contributed by atoms with Crippen LogP contribution in [0.15, 0.2) is 53.7 Å². The van der Waals surface area contributed by atoms with Gasteiger partial charge in [0, 0.05) is 41.9 Å². The molecule has 2 heterocycles. The minimum Gasteiger partial charge on any atom is -0.393 e. The summed E-state index contributed by atoms with van der Waals surface area (Å²) in [6, 6.07) is 7.25. The summed E-state index contributed by atoms with van der Waals surface area (Å²) >= 11 is 0.845. The number of pyridine rings is 1. The SMILES string of the molecule is CN/C=C(\C=C/Cc1c(C#N)c2cc(F)c(C)cc2n1-c1ccc(C)cn1)SNC(C)C(F)(F)F. The van der Waals surface area contributed by atoms with E-state index in [1.165, 1.54) is 6.07 Å². The van der Waals surface area contributed by atoms with Crippen molar-refractivity contribution in [2.45, 2.75) is 39.4 Å². The summed E-state index contributed by atoms with van der Waals surface area (Å²) in [6.07, 6.45) is 2.59. The predicted molar refractivity (Wildman–Crippen MR) is 131 cm³/mol. The summed E-state index contributed by atoms with van der Waals surface area (Å²) in [5.41, 5.74) is 2.98. The van der Waals surface area contributed by atoms with Crippen molar-refractivity contribution < 1.29 is 17.6 Å². The zero-order valence-corrected chi connectivity index (χ0v) is 20.5. The standard InChI is InChI=1S/C25H25F4N5S/c1-15-8-9-24(32-13-15)34-22(20(12-30)19-11-21(26)16(2)10-23(19)34)7-5-6-18(14-31-4)35-33-17(3)25(27,28)29/h5-6,8-11,13-14,17,31,33H,7H2,1-4H3/b6-5-,18-14+. The van der Waals surface area contributed by atoms with Crippen molar-refractivity contribution in [3.8, 4) is 11.9 Å². The molecule has 2 aromatic heterocycles. The first-order valence-electron chi connectivity index (χ1n) is 10.8. The molecule has 0 aliphatic rings. The van der Waals surface area contributed by atoms with Crippen molar-refractivity contribution in [3.05, 3.63) is 81.9 Å². The molecular weight excluding hydrogens is 478 g/mol. The fourth-order valence-electron chi connectivity index (χ4n) is 3.40. The molecule has 10 heteroatoms. The van der Waals surface area contributed by atoms with Crippen LogP contribution in [0.3, 0.4) is 0 Å². The Labute approximate surface area is 205 Å². The van der Waals surface area contributed by atoms with Gasteiger partial charge in [-0.2, -0.15) is 18.4 Å². The summed E-state index contributed by atoms with van der Waals surface area (Å²) in [5, 5.41) is 13.2. The average Bonchev–Trinajstić information content (AvgIpc) is 3.09. The zero-order chi connectivity index (χ0) is 25.8. The number of aryl methyl sites for hydroxylation is 2. The molecule has 1 atom stereocenters. The fourth-order valence-corrected chi connectivity index (χ4v) is 4.19. The lowest BCUT2D eigenvalue weighted by Crippen LogP contribution is -2.35. The van der Waals surface area contributed by atoms with E-state index < -0.39 is 18.0 Å². The molecule has 0 radical (unpaired) electrons. The maximum atomic E-state index is 14.4. The number of hydrogen-bond acceptors (Lipinski definition) is 5. The van der Waals surface area contributed by atoms with Crippen LogP contribution in [0.2, 0.25) is 0 Å². The highest BCUT2D eigenvalue weighted by Gasteiger charge is 2.35. The highest BCUT2D eigenvalue weighted by Crippen LogP contribution is 2.31. The van der Waals surface area contributed by atoms with E-state index in [4.69, 9.17) is 0 Å². The van der Waals surface area contributed by atoms with Crippen LogP contribution >= 0.6 is 11.9 Å². The molecule has 0 fully saturated rings. The maximum Gasteiger partial charge on any atom is 0.404 e. The van der Waals surface area contributed by atoms with E-state index >= 15 is 0 Å². The van der Waals surface area contributed by atoms with E-state index in [2.05, 4.69) is 21.1 Å². The molecule has 3 rings (SSSR count). The Kier molecular flexibility index (Phi) is 8.25. The first-order valence-corrected chi connectivity index (χ1v) is 11.6. The van der Waals surface area contributed by atoms with E-state index in [-0.39, 0.29) is 6.42 Å². The van der Waals surface area contributed by atoms with Crippen LogP contribution in [-0.2, 0) is 6.42 Å². The Hall–Kier alpha value is -3.29. The lowest BCUT2D eigenvalue weighted by Gasteiger charge is -2.16. The van der Waals surface area contributed by atoms with Gasteiger partial charge in [0.25, 0.3) is 0 Å². The summed E-state index contributed by atoms with van der Waals surface area (Å²) in [6.45, 7) is 4.61. The van der Waals surface area contributed by atoms with Crippen LogP contribution < -0.4 is 10.0 Å². The Bertz CT molecular complexity index is 1300. The van der Waals surface area contributed by atoms with Gasteiger partial charge >= 0.3 is 6.18 Å². The van der Waals surface area contributed by atoms with Crippen molar-refractivity contribution in [1.82, 2.24) is 19.6 Å². The summed E-state index contributed by atoms with van der Waals surface area (Å²) in [7, 11) is 1.65. The number of rotatable bonds is 8. The number of nitrogens with zero attached hydrogens (tertiary/aromatic N) is 3. The summed E-state index contributed by atoms with van der Waals surface area (Å²) in [4.78, 5) is 5.01. The molecule has 1 aromatic carbocycles. The molecule has 0 saturated carbocycles. The molecule has 0 bridgehead atoms. The Morgan fingerprint density at radius 1 is 1.29 bits per heavy atom. The van der Waals surface area contributed by atoms with Crippen molar-refractivity contribution in [2.75, 3.05) is 7.05 Å². The number of halogens is 4. The molecule has 0 aliphatic heterocycles. The molecule has 0 aliphatic carbocycles. The quantitative estimate of drug-likeness (QED) is 0.224. The number of fused-ring (bicyclic) bond motifs is 1. The number of nitriles is 1. The second-order valence-electron chi connectivity index (χ2n) is 8.01. The van der Waals surface area contributed by atoms with E-state index in [0.717, 1.165) is 24.4 Å². The Morgan fingerprint density at radius 2 is 2.03 bits per heavy atom. The van der Waals surface area contributed by atoms with Crippen LogP contribution in [0.25, 0.3) is 16.7 Å². The van der Waals surface area contributed by atoms with Crippen molar-refractivity contribution in [2.24, 2.45) is 0 Å². The minimum atomic E-state index is -4.36. The van der Waals surface area contributed by atoms with Crippen molar-refractivity contribution >= 4 is 22.9 Å². The number of hydrogen-bond donors (Lipinski definition) is 2. The molecule has 5 nitrogen and oxygen atoms in total. The molecular formula is C25H25F4N5S. The zero-order valence-electron chi connectivity index (χ0n) is 19.7. The topological polar surface area (TPSA) is 65.7 Å². The highest BCUT2D eigenvalue weighted by molar-refractivity contribution is 8.01. The van der Waals surface area contributed by atoms with Gasteiger partial charge in [0.1, 0.15) is 23.7 Å². The number of benzene rings is 1. The maximum absolute atomic E-state index is 14.4. The Balaban J connectivity index is 2.02. The lowest BCUT2D eigenvalue weighted by molar-refractivity contribution is -0.146. The largest absolute Gasteiger partial charge is 0.404 e. The van der Waals surface area contributed by atoms with Gasteiger partial charge < -0.3 is 5.32 Å². The van der Waals surface area contributed by atoms with Gasteiger partial charge in [-0.3, -0.25) is 4.57 Å². The van der Waals surface area contributed by atoms with Crippen LogP contribution in [0, 0.1) is 31.0 Å². The monoisotopic (exact) mass is 503 g/mol. The van der Waals surface area contributed by atoms with Gasteiger partial charge in [0.05, 0.1) is 11.1 Å². The van der Waals surface area contributed by atoms with E-state index in [1.54, 1.807) is 44.6 Å². The average molecular weight is 504 g/mol. The van der Waals surface area contributed by atoms with Gasteiger partial charge in [-0.15, -0.1) is 0 Å². The predicted octanol–water partition coefficient (Wildman–Crippen LogP) is 6.00. The molecule has 184 valence electrons. The third kappa shape index (κ3) is 6.05. The van der Waals surface area contributed by atoms with E-state index in [1.807, 2.05) is 23.6 Å².